The lowest BCUT2D eigenvalue weighted by atomic mass is 9.83. The molecule has 0 amide bonds. The predicted molar refractivity (Wildman–Crippen MR) is 50.6 cm³/mol. The molecule has 70 valence electrons. The Hall–Kier alpha value is -0.370. The minimum absolute atomic E-state index is 0.381. The Morgan fingerprint density at radius 3 is 2.50 bits per heavy atom. The maximum Gasteiger partial charge on any atom is 0.0941 e. The lowest BCUT2D eigenvalue weighted by molar-refractivity contribution is 0.138. The van der Waals surface area contributed by atoms with Gasteiger partial charge in [0.2, 0.25) is 0 Å². The van der Waals surface area contributed by atoms with Crippen LogP contribution in [0.1, 0.15) is 45.4 Å². The number of hydrogen-bond donors (Lipinski definition) is 2. The highest BCUT2D eigenvalue weighted by Crippen LogP contribution is 2.27. The Kier molecular flexibility index (Phi) is 3.73. The van der Waals surface area contributed by atoms with Gasteiger partial charge in [-0.05, 0) is 25.2 Å². The third kappa shape index (κ3) is 2.31. The van der Waals surface area contributed by atoms with E-state index < -0.39 is 6.10 Å². The monoisotopic (exact) mass is 169 g/mol. The van der Waals surface area contributed by atoms with Gasteiger partial charge in [0, 0.05) is 5.71 Å². The predicted octanol–water partition coefficient (Wildman–Crippen LogP) is 2.36. The van der Waals surface area contributed by atoms with Crippen molar-refractivity contribution < 1.29 is 5.11 Å². The van der Waals surface area contributed by atoms with Crippen molar-refractivity contribution in [2.24, 2.45) is 5.92 Å². The first kappa shape index (κ1) is 9.72. The third-order valence-electron chi connectivity index (χ3n) is 2.83. The van der Waals surface area contributed by atoms with Crippen LogP contribution in [0.25, 0.3) is 0 Å². The first-order valence-corrected chi connectivity index (χ1v) is 5.01. The van der Waals surface area contributed by atoms with Crippen LogP contribution in [-0.2, 0) is 0 Å². The number of nitrogens with one attached hydrogen (secondary N) is 1. The van der Waals surface area contributed by atoms with Crippen molar-refractivity contribution in [1.29, 1.82) is 5.41 Å². The molecule has 0 aliphatic heterocycles. The van der Waals surface area contributed by atoms with Gasteiger partial charge in [-0.25, -0.2) is 0 Å². The molecule has 0 aromatic rings. The van der Waals surface area contributed by atoms with Crippen LogP contribution >= 0.6 is 0 Å². The van der Waals surface area contributed by atoms with E-state index in [4.69, 9.17) is 5.41 Å². The van der Waals surface area contributed by atoms with Crippen molar-refractivity contribution in [1.82, 2.24) is 0 Å². The molecule has 12 heavy (non-hydrogen) atoms. The van der Waals surface area contributed by atoms with E-state index in [1.54, 1.807) is 0 Å². The van der Waals surface area contributed by atoms with Gasteiger partial charge in [0.05, 0.1) is 6.10 Å². The van der Waals surface area contributed by atoms with E-state index in [0.717, 1.165) is 12.8 Å². The number of aliphatic hydroxyl groups excluding tert-OH is 1. The standard InChI is InChI=1S/C10H19NO/c1-2-9(11)10(12)8-6-4-3-5-7-8/h8,10-12H,2-7H2,1H3. The average molecular weight is 169 g/mol. The fraction of sp³-hybridized carbons (Fsp3) is 0.900. The molecular formula is C10H19NO. The van der Waals surface area contributed by atoms with Gasteiger partial charge >= 0.3 is 0 Å². The molecule has 0 aromatic carbocycles. The fourth-order valence-electron chi connectivity index (χ4n) is 1.94. The Bertz CT molecular complexity index is 150. The summed E-state index contributed by atoms with van der Waals surface area (Å²) in [5.41, 5.74) is 0.516. The molecule has 2 heteroatoms. The molecule has 1 aliphatic carbocycles. The largest absolute Gasteiger partial charge is 0.387 e. The van der Waals surface area contributed by atoms with Gasteiger partial charge < -0.3 is 10.5 Å². The summed E-state index contributed by atoms with van der Waals surface area (Å²) in [6, 6.07) is 0. The normalized spacial score (nSPS) is 22.2. The topological polar surface area (TPSA) is 44.1 Å². The van der Waals surface area contributed by atoms with Gasteiger partial charge in [0.15, 0.2) is 0 Å². The minimum atomic E-state index is -0.449. The molecule has 0 radical (unpaired) electrons. The number of aliphatic hydroxyl groups is 1. The van der Waals surface area contributed by atoms with Crippen molar-refractivity contribution in [2.45, 2.75) is 51.6 Å². The van der Waals surface area contributed by atoms with Gasteiger partial charge in [0.1, 0.15) is 0 Å². The SMILES string of the molecule is CCC(=N)C(O)C1CCCCC1. The van der Waals surface area contributed by atoms with Crippen molar-refractivity contribution in [3.05, 3.63) is 0 Å². The highest BCUT2D eigenvalue weighted by molar-refractivity contribution is 5.85. The molecule has 1 saturated carbocycles. The second-order valence-corrected chi connectivity index (χ2v) is 3.72. The molecule has 0 spiro atoms. The van der Waals surface area contributed by atoms with Crippen molar-refractivity contribution in [3.8, 4) is 0 Å². The van der Waals surface area contributed by atoms with Gasteiger partial charge in [-0.3, -0.25) is 0 Å². The van der Waals surface area contributed by atoms with Crippen LogP contribution in [0.2, 0.25) is 0 Å². The molecule has 0 aromatic heterocycles. The molecule has 1 fully saturated rings. The van der Waals surface area contributed by atoms with Crippen LogP contribution in [0.3, 0.4) is 0 Å². The first-order valence-electron chi connectivity index (χ1n) is 5.01. The zero-order valence-electron chi connectivity index (χ0n) is 7.84. The summed E-state index contributed by atoms with van der Waals surface area (Å²) < 4.78 is 0. The summed E-state index contributed by atoms with van der Waals surface area (Å²) in [4.78, 5) is 0. The van der Waals surface area contributed by atoms with E-state index >= 15 is 0 Å². The Morgan fingerprint density at radius 2 is 2.00 bits per heavy atom. The summed E-state index contributed by atoms with van der Waals surface area (Å²) in [6.45, 7) is 1.94. The van der Waals surface area contributed by atoms with Gasteiger partial charge in [0.25, 0.3) is 0 Å². The average Bonchev–Trinajstić information content (AvgIpc) is 2.17. The summed E-state index contributed by atoms with van der Waals surface area (Å²) >= 11 is 0. The second-order valence-electron chi connectivity index (χ2n) is 3.72. The van der Waals surface area contributed by atoms with Gasteiger partial charge in [-0.2, -0.15) is 0 Å². The van der Waals surface area contributed by atoms with Crippen LogP contribution in [-0.4, -0.2) is 16.9 Å². The van der Waals surface area contributed by atoms with E-state index in [2.05, 4.69) is 0 Å². The van der Waals surface area contributed by atoms with Crippen LogP contribution in [0.4, 0.5) is 0 Å². The summed E-state index contributed by atoms with van der Waals surface area (Å²) in [5, 5.41) is 17.2. The molecule has 0 heterocycles. The highest BCUT2D eigenvalue weighted by Gasteiger charge is 2.23. The summed E-state index contributed by atoms with van der Waals surface area (Å²) in [6.07, 6.45) is 6.25. The lowest BCUT2D eigenvalue weighted by Gasteiger charge is -2.26. The van der Waals surface area contributed by atoms with Crippen molar-refractivity contribution in [2.75, 3.05) is 0 Å². The minimum Gasteiger partial charge on any atom is -0.387 e. The van der Waals surface area contributed by atoms with Crippen molar-refractivity contribution >= 4 is 5.71 Å². The molecule has 2 N–H and O–H groups in total. The van der Waals surface area contributed by atoms with E-state index in [0.29, 0.717) is 18.1 Å². The van der Waals surface area contributed by atoms with Crippen LogP contribution in [0.5, 0.6) is 0 Å². The van der Waals surface area contributed by atoms with E-state index in [1.807, 2.05) is 6.92 Å². The smallest absolute Gasteiger partial charge is 0.0941 e. The Morgan fingerprint density at radius 1 is 1.42 bits per heavy atom. The maximum absolute atomic E-state index is 9.72. The zero-order chi connectivity index (χ0) is 8.97. The quantitative estimate of drug-likeness (QED) is 0.626. The Balaban J connectivity index is 2.39. The van der Waals surface area contributed by atoms with Gasteiger partial charge in [-0.1, -0.05) is 26.2 Å². The van der Waals surface area contributed by atoms with E-state index in [1.165, 1.54) is 19.3 Å². The molecule has 2 nitrogen and oxygen atoms in total. The summed E-state index contributed by atoms with van der Waals surface area (Å²) in [5.74, 6) is 0.381. The summed E-state index contributed by atoms with van der Waals surface area (Å²) in [7, 11) is 0. The molecule has 0 saturated heterocycles. The van der Waals surface area contributed by atoms with E-state index in [9.17, 15) is 5.11 Å². The fourth-order valence-corrected chi connectivity index (χ4v) is 1.94. The van der Waals surface area contributed by atoms with E-state index in [-0.39, 0.29) is 0 Å². The number of hydrogen-bond acceptors (Lipinski definition) is 2. The van der Waals surface area contributed by atoms with Crippen LogP contribution in [0.15, 0.2) is 0 Å². The third-order valence-corrected chi connectivity index (χ3v) is 2.83. The maximum atomic E-state index is 9.72. The molecule has 1 atom stereocenters. The highest BCUT2D eigenvalue weighted by atomic mass is 16.3. The molecule has 1 aliphatic rings. The molecule has 0 bridgehead atoms. The first-order chi connectivity index (χ1) is 5.75. The van der Waals surface area contributed by atoms with Crippen molar-refractivity contribution in [3.63, 3.8) is 0 Å². The molecule has 1 unspecified atom stereocenters. The second kappa shape index (κ2) is 4.61. The van der Waals surface area contributed by atoms with Crippen LogP contribution < -0.4 is 0 Å². The number of rotatable bonds is 3. The zero-order valence-corrected chi connectivity index (χ0v) is 7.84. The lowest BCUT2D eigenvalue weighted by Crippen LogP contribution is -2.30. The van der Waals surface area contributed by atoms with Gasteiger partial charge in [-0.15, -0.1) is 0 Å². The Labute approximate surface area is 74.5 Å². The molecule has 1 rings (SSSR count). The van der Waals surface area contributed by atoms with Crippen LogP contribution in [0, 0.1) is 11.3 Å². The molecular weight excluding hydrogens is 150 g/mol.